The Labute approximate surface area is 163 Å². The maximum Gasteiger partial charge on any atom is 0.165 e. The molecule has 0 saturated heterocycles. The molecular formula is C24H21F3O. The Morgan fingerprint density at radius 1 is 0.821 bits per heavy atom. The average molecular weight is 382 g/mol. The van der Waals surface area contributed by atoms with E-state index in [1.54, 1.807) is 37.3 Å². The summed E-state index contributed by atoms with van der Waals surface area (Å²) in [6.45, 7) is 5.78. The molecule has 0 amide bonds. The van der Waals surface area contributed by atoms with Crippen LogP contribution in [-0.4, -0.2) is 6.61 Å². The molecule has 0 saturated carbocycles. The van der Waals surface area contributed by atoms with Gasteiger partial charge in [-0.2, -0.15) is 0 Å². The van der Waals surface area contributed by atoms with Gasteiger partial charge in [-0.1, -0.05) is 36.4 Å². The molecule has 1 nitrogen and oxygen atoms in total. The van der Waals surface area contributed by atoms with Gasteiger partial charge in [-0.25, -0.2) is 13.2 Å². The molecule has 0 radical (unpaired) electrons. The molecule has 3 rings (SSSR count). The van der Waals surface area contributed by atoms with E-state index in [0.717, 1.165) is 12.0 Å². The van der Waals surface area contributed by atoms with Gasteiger partial charge < -0.3 is 4.74 Å². The van der Waals surface area contributed by atoms with Crippen LogP contribution in [0, 0.1) is 17.5 Å². The number of rotatable bonds is 7. The lowest BCUT2D eigenvalue weighted by molar-refractivity contribution is 0.321. The first-order valence-corrected chi connectivity index (χ1v) is 9.15. The number of allylic oxidation sites excluding steroid dienone is 1. The Morgan fingerprint density at radius 3 is 2.00 bits per heavy atom. The molecule has 4 heteroatoms. The van der Waals surface area contributed by atoms with Crippen LogP contribution in [0.25, 0.3) is 22.3 Å². The summed E-state index contributed by atoms with van der Waals surface area (Å²) in [6, 6.07) is 13.7. The monoisotopic (exact) mass is 382 g/mol. The molecule has 0 unspecified atom stereocenters. The standard InChI is InChI=1S/C24H21F3O/c1-3-5-6-16-7-10-19(21(25)13-16)20-11-8-17(14-22(20)26)18-9-12-24(28-4-2)23(27)15-18/h3,7-15H,1,4-6H2,2H3. The van der Waals surface area contributed by atoms with E-state index in [0.29, 0.717) is 24.2 Å². The highest BCUT2D eigenvalue weighted by atomic mass is 19.1. The van der Waals surface area contributed by atoms with Crippen molar-refractivity contribution in [2.75, 3.05) is 6.61 Å². The Kier molecular flexibility index (Phi) is 6.19. The second kappa shape index (κ2) is 8.79. The summed E-state index contributed by atoms with van der Waals surface area (Å²) >= 11 is 0. The first-order chi connectivity index (χ1) is 13.5. The van der Waals surface area contributed by atoms with E-state index in [9.17, 15) is 13.2 Å². The highest BCUT2D eigenvalue weighted by molar-refractivity contribution is 5.72. The molecule has 144 valence electrons. The molecular weight excluding hydrogens is 361 g/mol. The van der Waals surface area contributed by atoms with Crippen molar-refractivity contribution in [2.24, 2.45) is 0 Å². The molecule has 0 atom stereocenters. The fourth-order valence-electron chi connectivity index (χ4n) is 3.07. The number of ether oxygens (including phenoxy) is 1. The molecule has 0 heterocycles. The average Bonchev–Trinajstić information content (AvgIpc) is 2.68. The van der Waals surface area contributed by atoms with Gasteiger partial charge in [0.15, 0.2) is 11.6 Å². The summed E-state index contributed by atoms with van der Waals surface area (Å²) in [7, 11) is 0. The van der Waals surface area contributed by atoms with E-state index in [-0.39, 0.29) is 16.9 Å². The summed E-state index contributed by atoms with van der Waals surface area (Å²) < 4.78 is 48.4. The van der Waals surface area contributed by atoms with Crippen LogP contribution in [0.3, 0.4) is 0 Å². The molecule has 0 aliphatic rings. The predicted molar refractivity (Wildman–Crippen MR) is 107 cm³/mol. The zero-order valence-corrected chi connectivity index (χ0v) is 15.6. The molecule has 0 spiro atoms. The van der Waals surface area contributed by atoms with Crippen molar-refractivity contribution in [1.82, 2.24) is 0 Å². The predicted octanol–water partition coefficient (Wildman–Crippen LogP) is 6.96. The van der Waals surface area contributed by atoms with Gasteiger partial charge in [-0.15, -0.1) is 6.58 Å². The van der Waals surface area contributed by atoms with Gasteiger partial charge in [0.1, 0.15) is 11.6 Å². The molecule has 3 aromatic carbocycles. The number of benzene rings is 3. The van der Waals surface area contributed by atoms with E-state index in [4.69, 9.17) is 4.74 Å². The molecule has 0 aliphatic heterocycles. The molecule has 0 bridgehead atoms. The van der Waals surface area contributed by atoms with Crippen molar-refractivity contribution in [2.45, 2.75) is 19.8 Å². The SMILES string of the molecule is C=CCCc1ccc(-c2ccc(-c3ccc(OCC)c(F)c3)cc2F)c(F)c1. The number of aryl methyl sites for hydroxylation is 1. The minimum absolute atomic E-state index is 0.155. The smallest absolute Gasteiger partial charge is 0.165 e. The summed E-state index contributed by atoms with van der Waals surface area (Å²) in [5.41, 5.74) is 2.23. The van der Waals surface area contributed by atoms with Crippen LogP contribution >= 0.6 is 0 Å². The number of halogens is 3. The van der Waals surface area contributed by atoms with Crippen molar-refractivity contribution in [3.05, 3.63) is 90.3 Å². The van der Waals surface area contributed by atoms with E-state index >= 15 is 0 Å². The summed E-state index contributed by atoms with van der Waals surface area (Å²) in [5, 5.41) is 0. The van der Waals surface area contributed by atoms with Crippen molar-refractivity contribution >= 4 is 0 Å². The van der Waals surface area contributed by atoms with Crippen LogP contribution in [0.2, 0.25) is 0 Å². The highest BCUT2D eigenvalue weighted by Crippen LogP contribution is 2.31. The summed E-state index contributed by atoms with van der Waals surface area (Å²) in [4.78, 5) is 0. The Hall–Kier alpha value is -3.01. The quantitative estimate of drug-likeness (QED) is 0.402. The van der Waals surface area contributed by atoms with E-state index in [2.05, 4.69) is 6.58 Å². The zero-order valence-electron chi connectivity index (χ0n) is 15.6. The van der Waals surface area contributed by atoms with E-state index in [1.807, 2.05) is 0 Å². The maximum absolute atomic E-state index is 14.7. The van der Waals surface area contributed by atoms with Crippen LogP contribution in [-0.2, 0) is 6.42 Å². The normalized spacial score (nSPS) is 10.7. The number of hydrogen-bond acceptors (Lipinski definition) is 1. The lowest BCUT2D eigenvalue weighted by Crippen LogP contribution is -1.95. The maximum atomic E-state index is 14.7. The lowest BCUT2D eigenvalue weighted by Gasteiger charge is -2.10. The minimum Gasteiger partial charge on any atom is -0.491 e. The molecule has 3 aromatic rings. The van der Waals surface area contributed by atoms with Crippen molar-refractivity contribution < 1.29 is 17.9 Å². The first-order valence-electron chi connectivity index (χ1n) is 9.15. The third-order valence-corrected chi connectivity index (χ3v) is 4.49. The van der Waals surface area contributed by atoms with Crippen molar-refractivity contribution in [3.63, 3.8) is 0 Å². The van der Waals surface area contributed by atoms with Crippen LogP contribution in [0.15, 0.2) is 67.3 Å². The Balaban J connectivity index is 1.91. The van der Waals surface area contributed by atoms with Crippen LogP contribution in [0.5, 0.6) is 5.75 Å². The first kappa shape index (κ1) is 19.7. The molecule has 0 aromatic heterocycles. The highest BCUT2D eigenvalue weighted by Gasteiger charge is 2.13. The minimum atomic E-state index is -0.565. The third kappa shape index (κ3) is 4.28. The molecule has 0 aliphatic carbocycles. The van der Waals surface area contributed by atoms with Gasteiger partial charge in [0.05, 0.1) is 6.61 Å². The molecule has 0 fully saturated rings. The summed E-state index contributed by atoms with van der Waals surface area (Å²) in [5.74, 6) is -1.39. The second-order valence-corrected chi connectivity index (χ2v) is 6.41. The van der Waals surface area contributed by atoms with Gasteiger partial charge in [0.2, 0.25) is 0 Å². The van der Waals surface area contributed by atoms with E-state index < -0.39 is 17.5 Å². The van der Waals surface area contributed by atoms with Crippen LogP contribution in [0.4, 0.5) is 13.2 Å². The second-order valence-electron chi connectivity index (χ2n) is 6.41. The fraction of sp³-hybridized carbons (Fsp3) is 0.167. The molecule has 28 heavy (non-hydrogen) atoms. The Bertz CT molecular complexity index is 995. The zero-order chi connectivity index (χ0) is 20.1. The lowest BCUT2D eigenvalue weighted by atomic mass is 9.97. The van der Waals surface area contributed by atoms with Gasteiger partial charge in [-0.3, -0.25) is 0 Å². The van der Waals surface area contributed by atoms with Gasteiger partial charge in [0, 0.05) is 11.1 Å². The molecule has 0 N–H and O–H groups in total. The van der Waals surface area contributed by atoms with Crippen molar-refractivity contribution in [3.8, 4) is 28.0 Å². The third-order valence-electron chi connectivity index (χ3n) is 4.49. The van der Waals surface area contributed by atoms with Crippen LogP contribution in [0.1, 0.15) is 18.9 Å². The summed E-state index contributed by atoms with van der Waals surface area (Å²) in [6.07, 6.45) is 3.21. The topological polar surface area (TPSA) is 9.23 Å². The Morgan fingerprint density at radius 2 is 1.43 bits per heavy atom. The number of hydrogen-bond donors (Lipinski definition) is 0. The van der Waals surface area contributed by atoms with Crippen molar-refractivity contribution in [1.29, 1.82) is 0 Å². The van der Waals surface area contributed by atoms with Gasteiger partial charge in [0.25, 0.3) is 0 Å². The fourth-order valence-corrected chi connectivity index (χ4v) is 3.07. The van der Waals surface area contributed by atoms with E-state index in [1.165, 1.54) is 30.3 Å². The van der Waals surface area contributed by atoms with Gasteiger partial charge >= 0.3 is 0 Å². The largest absolute Gasteiger partial charge is 0.491 e. The van der Waals surface area contributed by atoms with Gasteiger partial charge in [-0.05, 0) is 60.7 Å². The van der Waals surface area contributed by atoms with Crippen LogP contribution < -0.4 is 4.74 Å².